The molecular formula is C17H20F4N2O2. The number of hydrogen-bond donors (Lipinski definition) is 0. The summed E-state index contributed by atoms with van der Waals surface area (Å²) in [7, 11) is 0. The van der Waals surface area contributed by atoms with Gasteiger partial charge in [0.25, 0.3) is 5.91 Å². The molecule has 2 aliphatic rings. The minimum atomic E-state index is -4.16. The molecule has 0 aromatic heterocycles. The zero-order chi connectivity index (χ0) is 18.1. The summed E-state index contributed by atoms with van der Waals surface area (Å²) < 4.78 is 56.2. The Hall–Kier alpha value is -1.67. The van der Waals surface area contributed by atoms with Crippen molar-refractivity contribution in [2.75, 3.05) is 37.7 Å². The van der Waals surface area contributed by atoms with Crippen LogP contribution in [0.25, 0.3) is 0 Å². The van der Waals surface area contributed by atoms with Crippen molar-refractivity contribution in [3.05, 3.63) is 30.1 Å². The first-order valence-electron chi connectivity index (χ1n) is 8.25. The van der Waals surface area contributed by atoms with E-state index < -0.39 is 24.0 Å². The third-order valence-electron chi connectivity index (χ3n) is 4.85. The maximum absolute atomic E-state index is 13.4. The smallest absolute Gasteiger partial charge is 0.363 e. The third-order valence-corrected chi connectivity index (χ3v) is 4.85. The number of carbonyl (C=O) groups excluding carboxylic acids is 1. The van der Waals surface area contributed by atoms with E-state index in [9.17, 15) is 22.4 Å². The van der Waals surface area contributed by atoms with Crippen molar-refractivity contribution in [1.82, 2.24) is 4.90 Å². The van der Waals surface area contributed by atoms with Crippen molar-refractivity contribution in [3.63, 3.8) is 0 Å². The number of anilines is 1. The van der Waals surface area contributed by atoms with Crippen LogP contribution in [0.2, 0.25) is 0 Å². The maximum atomic E-state index is 13.4. The number of halogens is 4. The summed E-state index contributed by atoms with van der Waals surface area (Å²) in [6.07, 6.45) is -3.89. The summed E-state index contributed by atoms with van der Waals surface area (Å²) >= 11 is 0. The zero-order valence-corrected chi connectivity index (χ0v) is 13.7. The Kier molecular flexibility index (Phi) is 5.02. The van der Waals surface area contributed by atoms with Crippen LogP contribution in [0.3, 0.4) is 0 Å². The van der Waals surface area contributed by atoms with Crippen LogP contribution < -0.4 is 4.90 Å². The number of carbonyl (C=O) groups is 1. The molecule has 0 bridgehead atoms. The molecule has 4 nitrogen and oxygen atoms in total. The molecule has 1 aromatic carbocycles. The molecule has 25 heavy (non-hydrogen) atoms. The molecule has 138 valence electrons. The van der Waals surface area contributed by atoms with Crippen molar-refractivity contribution < 1.29 is 27.1 Å². The topological polar surface area (TPSA) is 32.8 Å². The van der Waals surface area contributed by atoms with Crippen LogP contribution in [0, 0.1) is 5.82 Å². The number of hydrogen-bond acceptors (Lipinski definition) is 3. The molecule has 1 aromatic rings. The number of alkyl halides is 3. The number of rotatable bonds is 3. The molecule has 2 heterocycles. The van der Waals surface area contributed by atoms with Gasteiger partial charge in [-0.3, -0.25) is 4.79 Å². The van der Waals surface area contributed by atoms with Crippen LogP contribution in [-0.2, 0) is 9.53 Å². The number of nitrogens with zero attached hydrogens (tertiary/aromatic N) is 2. The molecule has 0 atom stereocenters. The predicted molar refractivity (Wildman–Crippen MR) is 83.8 cm³/mol. The van der Waals surface area contributed by atoms with E-state index in [0.29, 0.717) is 38.2 Å². The van der Waals surface area contributed by atoms with E-state index in [4.69, 9.17) is 4.74 Å². The number of benzene rings is 1. The standard InChI is InChI=1S/C17H20F4N2O2/c18-13-2-1-3-14(10-13)23-12-16(25-11-15(23)24)4-7-22(8-5-16)9-6-17(19,20)21/h1-3,10H,4-9,11-12H2. The van der Waals surface area contributed by atoms with Crippen LogP contribution in [0.4, 0.5) is 23.2 Å². The van der Waals surface area contributed by atoms with Crippen LogP contribution >= 0.6 is 0 Å². The highest BCUT2D eigenvalue weighted by molar-refractivity contribution is 5.95. The molecule has 8 heteroatoms. The van der Waals surface area contributed by atoms with Gasteiger partial charge in [-0.25, -0.2) is 4.39 Å². The van der Waals surface area contributed by atoms with E-state index in [1.165, 1.54) is 17.0 Å². The first-order chi connectivity index (χ1) is 11.8. The largest absolute Gasteiger partial charge is 0.390 e. The molecule has 2 aliphatic heterocycles. The second kappa shape index (κ2) is 6.92. The molecule has 2 saturated heterocycles. The van der Waals surface area contributed by atoms with Crippen LogP contribution in [0.15, 0.2) is 24.3 Å². The third kappa shape index (κ3) is 4.49. The summed E-state index contributed by atoms with van der Waals surface area (Å²) in [6, 6.07) is 5.82. The summed E-state index contributed by atoms with van der Waals surface area (Å²) in [5.74, 6) is -0.663. The van der Waals surface area contributed by atoms with Crippen molar-refractivity contribution in [1.29, 1.82) is 0 Å². The van der Waals surface area contributed by atoms with Gasteiger partial charge in [-0.15, -0.1) is 0 Å². The molecule has 0 saturated carbocycles. The Morgan fingerprint density at radius 1 is 1.20 bits per heavy atom. The van der Waals surface area contributed by atoms with E-state index >= 15 is 0 Å². The molecule has 0 radical (unpaired) electrons. The van der Waals surface area contributed by atoms with Gasteiger partial charge in [-0.1, -0.05) is 6.07 Å². The highest BCUT2D eigenvalue weighted by Gasteiger charge is 2.43. The van der Waals surface area contributed by atoms with Gasteiger partial charge in [-0.2, -0.15) is 13.2 Å². The van der Waals surface area contributed by atoms with Crippen molar-refractivity contribution >= 4 is 11.6 Å². The number of ether oxygens (including phenoxy) is 1. The van der Waals surface area contributed by atoms with E-state index in [-0.39, 0.29) is 19.1 Å². The summed E-state index contributed by atoms with van der Waals surface area (Å²) in [4.78, 5) is 15.4. The zero-order valence-electron chi connectivity index (χ0n) is 13.7. The first kappa shape index (κ1) is 18.1. The fourth-order valence-electron chi connectivity index (χ4n) is 3.37. The molecular weight excluding hydrogens is 340 g/mol. The summed E-state index contributed by atoms with van der Waals surface area (Å²) in [5, 5.41) is 0. The normalized spacial score (nSPS) is 21.8. The quantitative estimate of drug-likeness (QED) is 0.777. The van der Waals surface area contributed by atoms with Crippen molar-refractivity contribution in [3.8, 4) is 0 Å². The van der Waals surface area contributed by atoms with E-state index in [1.54, 1.807) is 17.0 Å². The van der Waals surface area contributed by atoms with Gasteiger partial charge in [0.2, 0.25) is 0 Å². The Bertz CT molecular complexity index is 627. The fourth-order valence-corrected chi connectivity index (χ4v) is 3.37. The van der Waals surface area contributed by atoms with Crippen LogP contribution in [-0.4, -0.2) is 55.4 Å². The van der Waals surface area contributed by atoms with Gasteiger partial charge >= 0.3 is 6.18 Å². The minimum Gasteiger partial charge on any atom is -0.363 e. The number of morpholine rings is 1. The van der Waals surface area contributed by atoms with E-state index in [1.807, 2.05) is 0 Å². The highest BCUT2D eigenvalue weighted by atomic mass is 19.4. The Balaban J connectivity index is 1.63. The van der Waals surface area contributed by atoms with E-state index in [0.717, 1.165) is 0 Å². The van der Waals surface area contributed by atoms with Crippen molar-refractivity contribution in [2.45, 2.75) is 31.0 Å². The average Bonchev–Trinajstić information content (AvgIpc) is 2.56. The molecule has 1 amide bonds. The maximum Gasteiger partial charge on any atom is 0.390 e. The van der Waals surface area contributed by atoms with Gasteiger partial charge in [0.1, 0.15) is 12.4 Å². The van der Waals surface area contributed by atoms with Gasteiger partial charge in [0.15, 0.2) is 0 Å². The number of amides is 1. The van der Waals surface area contributed by atoms with Gasteiger partial charge < -0.3 is 14.5 Å². The SMILES string of the molecule is O=C1COC2(CCN(CCC(F)(F)F)CC2)CN1c1cccc(F)c1. The summed E-state index contributed by atoms with van der Waals surface area (Å²) in [6.45, 7) is 1.15. The molecule has 0 unspecified atom stereocenters. The number of piperidine rings is 1. The van der Waals surface area contributed by atoms with Crippen LogP contribution in [0.5, 0.6) is 0 Å². The highest BCUT2D eigenvalue weighted by Crippen LogP contribution is 2.33. The Morgan fingerprint density at radius 3 is 2.56 bits per heavy atom. The summed E-state index contributed by atoms with van der Waals surface area (Å²) in [5.41, 5.74) is -0.0956. The predicted octanol–water partition coefficient (Wildman–Crippen LogP) is 2.98. The Morgan fingerprint density at radius 2 is 1.92 bits per heavy atom. The average molecular weight is 360 g/mol. The van der Waals surface area contributed by atoms with Gasteiger partial charge in [0.05, 0.1) is 18.6 Å². The van der Waals surface area contributed by atoms with Gasteiger partial charge in [-0.05, 0) is 31.0 Å². The van der Waals surface area contributed by atoms with E-state index in [2.05, 4.69) is 0 Å². The lowest BCUT2D eigenvalue weighted by Gasteiger charge is -2.47. The Labute approximate surface area is 143 Å². The van der Waals surface area contributed by atoms with Crippen molar-refractivity contribution in [2.24, 2.45) is 0 Å². The molecule has 3 rings (SSSR count). The molecule has 2 fully saturated rings. The molecule has 1 spiro atoms. The number of likely N-dealkylation sites (tertiary alicyclic amines) is 1. The second-order valence-electron chi connectivity index (χ2n) is 6.64. The minimum absolute atomic E-state index is 0.0217. The van der Waals surface area contributed by atoms with Gasteiger partial charge in [0, 0.05) is 25.3 Å². The second-order valence-corrected chi connectivity index (χ2v) is 6.64. The monoisotopic (exact) mass is 360 g/mol. The fraction of sp³-hybridized carbons (Fsp3) is 0.588. The lowest BCUT2D eigenvalue weighted by Crippen LogP contribution is -2.59. The molecule has 0 aliphatic carbocycles. The first-order valence-corrected chi connectivity index (χ1v) is 8.25. The lowest BCUT2D eigenvalue weighted by atomic mass is 9.89. The lowest BCUT2D eigenvalue weighted by molar-refractivity contribution is -0.150. The van der Waals surface area contributed by atoms with Crippen LogP contribution in [0.1, 0.15) is 19.3 Å². The molecule has 0 N–H and O–H groups in total.